The highest BCUT2D eigenvalue weighted by atomic mass is 127. The van der Waals surface area contributed by atoms with Crippen LogP contribution in [0.3, 0.4) is 0 Å². The molecule has 2 N–H and O–H groups in total. The third-order valence-corrected chi connectivity index (χ3v) is 4.49. The highest BCUT2D eigenvalue weighted by Gasteiger charge is 2.09. The van der Waals surface area contributed by atoms with E-state index in [1.54, 1.807) is 0 Å². The zero-order valence-electron chi connectivity index (χ0n) is 13.7. The average Bonchev–Trinajstić information content (AvgIpc) is 2.44. The fraction of sp³-hybridized carbons (Fsp3) is 0.533. The molecule has 0 spiro atoms. The molecule has 0 aromatic heterocycles. The van der Waals surface area contributed by atoms with E-state index in [-0.39, 0.29) is 35.8 Å². The van der Waals surface area contributed by atoms with Crippen LogP contribution in [0.1, 0.15) is 25.8 Å². The molecule has 1 unspecified atom stereocenters. The van der Waals surface area contributed by atoms with Crippen LogP contribution in [0.15, 0.2) is 33.7 Å². The van der Waals surface area contributed by atoms with Gasteiger partial charge < -0.3 is 10.6 Å². The van der Waals surface area contributed by atoms with E-state index in [0.717, 1.165) is 16.6 Å². The summed E-state index contributed by atoms with van der Waals surface area (Å²) >= 11 is 3.41. The third-order valence-electron chi connectivity index (χ3n) is 2.98. The molecule has 1 rings (SSSR count). The monoisotopic (exact) mass is 517 g/mol. The molecule has 0 saturated carbocycles. The van der Waals surface area contributed by atoms with Crippen molar-refractivity contribution in [1.82, 2.24) is 10.6 Å². The Morgan fingerprint density at radius 2 is 1.91 bits per heavy atom. The van der Waals surface area contributed by atoms with Crippen LogP contribution in [0, 0.1) is 0 Å². The third kappa shape index (κ3) is 10.9. The van der Waals surface area contributed by atoms with Gasteiger partial charge in [-0.25, -0.2) is 13.4 Å². The molecule has 0 saturated heterocycles. The number of hydrogen-bond donors (Lipinski definition) is 2. The molecular formula is C15H25BrIN3O2S. The van der Waals surface area contributed by atoms with Crippen molar-refractivity contribution in [3.63, 3.8) is 0 Å². The van der Waals surface area contributed by atoms with E-state index in [0.29, 0.717) is 18.9 Å². The van der Waals surface area contributed by atoms with Crippen LogP contribution >= 0.6 is 39.9 Å². The van der Waals surface area contributed by atoms with Gasteiger partial charge in [0.1, 0.15) is 9.84 Å². The first-order chi connectivity index (χ1) is 10.3. The number of hydrogen-bond acceptors (Lipinski definition) is 3. The van der Waals surface area contributed by atoms with Gasteiger partial charge in [0, 0.05) is 23.3 Å². The average molecular weight is 518 g/mol. The largest absolute Gasteiger partial charge is 0.357 e. The highest BCUT2D eigenvalue weighted by Crippen LogP contribution is 2.11. The number of aliphatic imine (C=N–C) groups is 1. The molecular weight excluding hydrogens is 493 g/mol. The van der Waals surface area contributed by atoms with Crippen molar-refractivity contribution in [1.29, 1.82) is 0 Å². The second-order valence-corrected chi connectivity index (χ2v) is 8.46. The maximum Gasteiger partial charge on any atom is 0.191 e. The van der Waals surface area contributed by atoms with Gasteiger partial charge in [0.05, 0.1) is 12.3 Å². The van der Waals surface area contributed by atoms with Crippen molar-refractivity contribution in [2.45, 2.75) is 32.9 Å². The lowest BCUT2D eigenvalue weighted by Crippen LogP contribution is -2.42. The Balaban J connectivity index is 0.00000484. The van der Waals surface area contributed by atoms with Gasteiger partial charge in [-0.15, -0.1) is 24.0 Å². The Kier molecular flexibility index (Phi) is 11.1. The smallest absolute Gasteiger partial charge is 0.191 e. The fourth-order valence-electron chi connectivity index (χ4n) is 1.78. The molecule has 0 aliphatic carbocycles. The van der Waals surface area contributed by atoms with Crippen LogP contribution in [0.25, 0.3) is 0 Å². The molecule has 0 aliphatic heterocycles. The maximum absolute atomic E-state index is 11.2. The first-order valence-corrected chi connectivity index (χ1v) is 10.1. The van der Waals surface area contributed by atoms with Crippen molar-refractivity contribution in [3.8, 4) is 0 Å². The Hall–Kier alpha value is -0.350. The maximum atomic E-state index is 11.2. The minimum Gasteiger partial charge on any atom is -0.357 e. The molecule has 23 heavy (non-hydrogen) atoms. The van der Waals surface area contributed by atoms with Gasteiger partial charge in [-0.05, 0) is 38.0 Å². The van der Waals surface area contributed by atoms with Gasteiger partial charge in [0.25, 0.3) is 0 Å². The van der Waals surface area contributed by atoms with E-state index in [1.807, 2.05) is 38.1 Å². The first kappa shape index (κ1) is 22.6. The predicted octanol–water partition coefficient (Wildman–Crippen LogP) is 2.95. The Morgan fingerprint density at radius 3 is 2.43 bits per heavy atom. The van der Waals surface area contributed by atoms with Crippen molar-refractivity contribution >= 4 is 55.7 Å². The summed E-state index contributed by atoms with van der Waals surface area (Å²) in [4.78, 5) is 4.53. The summed E-state index contributed by atoms with van der Waals surface area (Å²) in [6, 6.07) is 8.05. The second kappa shape index (κ2) is 11.2. The standard InChI is InChI=1S/C15H24BrN3O2S.HI/c1-4-17-15(19-12(2)9-10-22(3,20)21)18-11-13-5-7-14(16)8-6-13;/h5-8,12H,4,9-11H2,1-3H3,(H2,17,18,19);1H. The minimum absolute atomic E-state index is 0. The van der Waals surface area contributed by atoms with E-state index >= 15 is 0 Å². The molecule has 1 atom stereocenters. The summed E-state index contributed by atoms with van der Waals surface area (Å²) in [7, 11) is -2.93. The molecule has 0 aliphatic rings. The van der Waals surface area contributed by atoms with Gasteiger partial charge in [-0.3, -0.25) is 0 Å². The van der Waals surface area contributed by atoms with E-state index in [2.05, 4.69) is 31.6 Å². The molecule has 1 aromatic carbocycles. The Bertz CT molecular complexity index is 591. The topological polar surface area (TPSA) is 70.6 Å². The molecule has 0 heterocycles. The summed E-state index contributed by atoms with van der Waals surface area (Å²) in [6.45, 7) is 5.28. The summed E-state index contributed by atoms with van der Waals surface area (Å²) < 4.78 is 23.5. The van der Waals surface area contributed by atoms with Crippen molar-refractivity contribution in [3.05, 3.63) is 34.3 Å². The van der Waals surface area contributed by atoms with Crippen LogP contribution < -0.4 is 10.6 Å². The molecule has 0 amide bonds. The minimum atomic E-state index is -2.93. The normalized spacial score (nSPS) is 13.1. The van der Waals surface area contributed by atoms with Crippen molar-refractivity contribution in [2.75, 3.05) is 18.6 Å². The van der Waals surface area contributed by atoms with Gasteiger partial charge in [0.2, 0.25) is 0 Å². The molecule has 0 fully saturated rings. The number of guanidine groups is 1. The summed E-state index contributed by atoms with van der Waals surface area (Å²) in [6.07, 6.45) is 1.81. The molecule has 0 bridgehead atoms. The number of halogens is 2. The fourth-order valence-corrected chi connectivity index (χ4v) is 2.82. The van der Waals surface area contributed by atoms with Gasteiger partial charge in [0.15, 0.2) is 5.96 Å². The molecule has 5 nitrogen and oxygen atoms in total. The first-order valence-electron chi connectivity index (χ1n) is 7.27. The summed E-state index contributed by atoms with van der Waals surface area (Å²) in [5, 5.41) is 6.41. The van der Waals surface area contributed by atoms with Crippen LogP contribution in [0.2, 0.25) is 0 Å². The predicted molar refractivity (Wildman–Crippen MR) is 111 cm³/mol. The lowest BCUT2D eigenvalue weighted by molar-refractivity contribution is 0.581. The number of nitrogens with one attached hydrogen (secondary N) is 2. The van der Waals surface area contributed by atoms with Crippen LogP contribution in [0.5, 0.6) is 0 Å². The second-order valence-electron chi connectivity index (χ2n) is 5.29. The number of sulfone groups is 1. The van der Waals surface area contributed by atoms with Crippen molar-refractivity contribution < 1.29 is 8.42 Å². The van der Waals surface area contributed by atoms with Crippen LogP contribution in [-0.2, 0) is 16.4 Å². The summed E-state index contributed by atoms with van der Waals surface area (Å²) in [5.74, 6) is 0.874. The lowest BCUT2D eigenvalue weighted by atomic mass is 10.2. The molecule has 0 radical (unpaired) electrons. The number of benzene rings is 1. The quantitative estimate of drug-likeness (QED) is 0.331. The van der Waals surface area contributed by atoms with Crippen LogP contribution in [0.4, 0.5) is 0 Å². The molecule has 1 aromatic rings. The summed E-state index contributed by atoms with van der Waals surface area (Å²) in [5.41, 5.74) is 1.11. The zero-order valence-corrected chi connectivity index (χ0v) is 18.4. The van der Waals surface area contributed by atoms with Gasteiger partial charge in [-0.2, -0.15) is 0 Å². The van der Waals surface area contributed by atoms with Crippen molar-refractivity contribution in [2.24, 2.45) is 4.99 Å². The Labute approximate surface area is 164 Å². The van der Waals surface area contributed by atoms with E-state index in [9.17, 15) is 8.42 Å². The van der Waals surface area contributed by atoms with E-state index in [4.69, 9.17) is 0 Å². The van der Waals surface area contributed by atoms with Gasteiger partial charge in [-0.1, -0.05) is 28.1 Å². The zero-order chi connectivity index (χ0) is 16.6. The number of rotatable bonds is 7. The Morgan fingerprint density at radius 1 is 1.30 bits per heavy atom. The van der Waals surface area contributed by atoms with E-state index < -0.39 is 9.84 Å². The van der Waals surface area contributed by atoms with Crippen LogP contribution in [-0.4, -0.2) is 39.0 Å². The highest BCUT2D eigenvalue weighted by molar-refractivity contribution is 14.0. The molecule has 132 valence electrons. The lowest BCUT2D eigenvalue weighted by Gasteiger charge is -2.17. The molecule has 8 heteroatoms. The number of nitrogens with zero attached hydrogens (tertiary/aromatic N) is 1. The van der Waals surface area contributed by atoms with Gasteiger partial charge >= 0.3 is 0 Å². The van der Waals surface area contributed by atoms with E-state index in [1.165, 1.54) is 6.26 Å². The SMILES string of the molecule is CCNC(=NCc1ccc(Br)cc1)NC(C)CCS(C)(=O)=O.I.